The summed E-state index contributed by atoms with van der Waals surface area (Å²) in [4.78, 5) is 0. The fraction of sp³-hybridized carbons (Fsp3) is 1.00. The minimum Gasteiger partial charge on any atom is -0.212 e. The van der Waals surface area contributed by atoms with Crippen LogP contribution in [0.3, 0.4) is 0 Å². The number of nitrogens with zero attached hydrogens (tertiary/aromatic N) is 1. The molecule has 0 aromatic heterocycles. The highest BCUT2D eigenvalue weighted by Gasteiger charge is 2.33. The molecule has 1 aliphatic carbocycles. The Bertz CT molecular complexity index is 305. The van der Waals surface area contributed by atoms with Crippen LogP contribution in [0.25, 0.3) is 0 Å². The molecule has 0 aromatic rings. The largest absolute Gasteiger partial charge is 0.214 e. The lowest BCUT2D eigenvalue weighted by molar-refractivity contribution is 0.289. The average molecular weight is 252 g/mol. The number of piperidine rings is 1. The van der Waals surface area contributed by atoms with Gasteiger partial charge in [-0.2, -0.15) is 0 Å². The Hall–Kier alpha value is 0.200. The number of hydrogen-bond acceptors (Lipinski definition) is 2. The topological polar surface area (TPSA) is 37.4 Å². The second-order valence-corrected chi connectivity index (χ2v) is 7.04. The molecule has 0 amide bonds. The van der Waals surface area contributed by atoms with E-state index in [-0.39, 0.29) is 0 Å². The molecule has 0 bridgehead atoms. The fourth-order valence-corrected chi connectivity index (χ4v) is 4.25. The fourth-order valence-electron chi connectivity index (χ4n) is 2.03. The van der Waals surface area contributed by atoms with Gasteiger partial charge < -0.3 is 0 Å². The first-order valence-electron chi connectivity index (χ1n) is 5.65. The summed E-state index contributed by atoms with van der Waals surface area (Å²) in [6, 6.07) is 0. The zero-order valence-electron chi connectivity index (χ0n) is 8.86. The molecule has 0 radical (unpaired) electrons. The lowest BCUT2D eigenvalue weighted by Crippen LogP contribution is -2.40. The molecule has 1 heterocycles. The number of rotatable bonds is 4. The van der Waals surface area contributed by atoms with Crippen molar-refractivity contribution in [1.29, 1.82) is 0 Å². The van der Waals surface area contributed by atoms with Crippen LogP contribution in [0, 0.1) is 11.8 Å². The van der Waals surface area contributed by atoms with E-state index in [1.165, 1.54) is 0 Å². The van der Waals surface area contributed by atoms with Crippen LogP contribution in [0.1, 0.15) is 25.7 Å². The van der Waals surface area contributed by atoms with Gasteiger partial charge in [0.25, 0.3) is 0 Å². The molecule has 0 spiro atoms. The highest BCUT2D eigenvalue weighted by atomic mass is 35.5. The third kappa shape index (κ3) is 3.08. The molecule has 0 unspecified atom stereocenters. The lowest BCUT2D eigenvalue weighted by Gasteiger charge is -2.30. The highest BCUT2D eigenvalue weighted by Crippen LogP contribution is 2.32. The summed E-state index contributed by atoms with van der Waals surface area (Å²) in [7, 11) is -2.96. The molecule has 1 saturated heterocycles. The van der Waals surface area contributed by atoms with Crippen LogP contribution < -0.4 is 0 Å². The average Bonchev–Trinajstić information content (AvgIpc) is 3.01. The maximum absolute atomic E-state index is 11.9. The van der Waals surface area contributed by atoms with E-state index in [0.717, 1.165) is 25.7 Å². The molecule has 2 aliphatic rings. The molecule has 0 atom stereocenters. The van der Waals surface area contributed by atoms with Crippen molar-refractivity contribution in [3.8, 4) is 0 Å². The maximum Gasteiger partial charge on any atom is 0.214 e. The molecule has 1 saturated carbocycles. The van der Waals surface area contributed by atoms with Crippen LogP contribution in [-0.2, 0) is 10.0 Å². The minimum atomic E-state index is -2.96. The minimum absolute atomic E-state index is 0.374. The predicted molar refractivity (Wildman–Crippen MR) is 61.5 cm³/mol. The van der Waals surface area contributed by atoms with Crippen molar-refractivity contribution in [2.24, 2.45) is 11.8 Å². The standard InChI is InChI=1S/C10H18ClNO2S/c11-7-9-3-5-12(6-4-9)15(13,14)8-10-1-2-10/h9-10H,1-8H2. The van der Waals surface area contributed by atoms with Crippen LogP contribution in [0.5, 0.6) is 0 Å². The van der Waals surface area contributed by atoms with Crippen molar-refractivity contribution >= 4 is 21.6 Å². The number of hydrogen-bond donors (Lipinski definition) is 0. The van der Waals surface area contributed by atoms with E-state index in [2.05, 4.69) is 0 Å². The van der Waals surface area contributed by atoms with Gasteiger partial charge in [-0.25, -0.2) is 12.7 Å². The van der Waals surface area contributed by atoms with Gasteiger partial charge in [-0.05, 0) is 37.5 Å². The van der Waals surface area contributed by atoms with Crippen LogP contribution in [0.15, 0.2) is 0 Å². The van der Waals surface area contributed by atoms with E-state index in [1.807, 2.05) is 0 Å². The Kier molecular flexibility index (Phi) is 3.58. The zero-order valence-corrected chi connectivity index (χ0v) is 10.4. The van der Waals surface area contributed by atoms with Crippen LogP contribution in [-0.4, -0.2) is 37.4 Å². The number of alkyl halides is 1. The molecule has 0 aromatic carbocycles. The van der Waals surface area contributed by atoms with Crippen molar-refractivity contribution in [1.82, 2.24) is 4.31 Å². The molecule has 0 N–H and O–H groups in total. The Morgan fingerprint density at radius 3 is 2.13 bits per heavy atom. The van der Waals surface area contributed by atoms with E-state index < -0.39 is 10.0 Å². The highest BCUT2D eigenvalue weighted by molar-refractivity contribution is 7.89. The van der Waals surface area contributed by atoms with Gasteiger partial charge in [-0.1, -0.05) is 0 Å². The van der Waals surface area contributed by atoms with Crippen molar-refractivity contribution < 1.29 is 8.42 Å². The SMILES string of the molecule is O=S(=O)(CC1CC1)N1CCC(CCl)CC1. The Labute approximate surface area is 96.8 Å². The van der Waals surface area contributed by atoms with Crippen LogP contribution in [0.2, 0.25) is 0 Å². The summed E-state index contributed by atoms with van der Waals surface area (Å²) >= 11 is 5.77. The third-order valence-corrected chi connectivity index (χ3v) is 5.81. The van der Waals surface area contributed by atoms with Crippen LogP contribution in [0.4, 0.5) is 0 Å². The lowest BCUT2D eigenvalue weighted by atomic mass is 10.0. The van der Waals surface area contributed by atoms with E-state index in [1.54, 1.807) is 4.31 Å². The smallest absolute Gasteiger partial charge is 0.212 e. The van der Waals surface area contributed by atoms with E-state index in [0.29, 0.717) is 36.6 Å². The molecular formula is C10H18ClNO2S. The normalized spacial score (nSPS) is 25.7. The van der Waals surface area contributed by atoms with Gasteiger partial charge in [0.2, 0.25) is 10.0 Å². The summed E-state index contributed by atoms with van der Waals surface area (Å²) in [5, 5.41) is 0. The molecule has 15 heavy (non-hydrogen) atoms. The molecule has 88 valence electrons. The molecule has 5 heteroatoms. The number of sulfonamides is 1. The second kappa shape index (κ2) is 4.60. The molecule has 1 aliphatic heterocycles. The van der Waals surface area contributed by atoms with Gasteiger partial charge >= 0.3 is 0 Å². The number of halogens is 1. The van der Waals surface area contributed by atoms with Crippen molar-refractivity contribution in [2.45, 2.75) is 25.7 Å². The van der Waals surface area contributed by atoms with E-state index in [9.17, 15) is 8.42 Å². The molecule has 3 nitrogen and oxygen atoms in total. The van der Waals surface area contributed by atoms with Crippen LogP contribution >= 0.6 is 11.6 Å². The van der Waals surface area contributed by atoms with Gasteiger partial charge in [0.05, 0.1) is 5.75 Å². The first-order chi connectivity index (χ1) is 7.12. The summed E-state index contributed by atoms with van der Waals surface area (Å²) in [6.45, 7) is 1.35. The Morgan fingerprint density at radius 2 is 1.67 bits per heavy atom. The maximum atomic E-state index is 11.9. The monoisotopic (exact) mass is 251 g/mol. The van der Waals surface area contributed by atoms with E-state index >= 15 is 0 Å². The Morgan fingerprint density at radius 1 is 1.07 bits per heavy atom. The quantitative estimate of drug-likeness (QED) is 0.713. The molecule has 2 fully saturated rings. The third-order valence-electron chi connectivity index (χ3n) is 3.33. The van der Waals surface area contributed by atoms with Gasteiger partial charge in [-0.3, -0.25) is 0 Å². The zero-order chi connectivity index (χ0) is 10.9. The summed E-state index contributed by atoms with van der Waals surface area (Å²) in [5.41, 5.74) is 0. The predicted octanol–water partition coefficient (Wildman–Crippen LogP) is 1.68. The Balaban J connectivity index is 1.88. The second-order valence-electron chi connectivity index (χ2n) is 4.72. The van der Waals surface area contributed by atoms with E-state index in [4.69, 9.17) is 11.6 Å². The summed E-state index contributed by atoms with van der Waals surface area (Å²) < 4.78 is 25.5. The van der Waals surface area contributed by atoms with Gasteiger partial charge in [0.1, 0.15) is 0 Å². The van der Waals surface area contributed by atoms with Gasteiger partial charge in [-0.15, -0.1) is 11.6 Å². The van der Waals surface area contributed by atoms with Gasteiger partial charge in [0, 0.05) is 19.0 Å². The van der Waals surface area contributed by atoms with Crippen molar-refractivity contribution in [3.63, 3.8) is 0 Å². The molecular weight excluding hydrogens is 234 g/mol. The summed E-state index contributed by atoms with van der Waals surface area (Å²) in [5.74, 6) is 1.99. The van der Waals surface area contributed by atoms with Gasteiger partial charge in [0.15, 0.2) is 0 Å². The van der Waals surface area contributed by atoms with Crippen molar-refractivity contribution in [2.75, 3.05) is 24.7 Å². The van der Waals surface area contributed by atoms with Crippen molar-refractivity contribution in [3.05, 3.63) is 0 Å². The molecule has 2 rings (SSSR count). The first-order valence-corrected chi connectivity index (χ1v) is 7.80. The summed E-state index contributed by atoms with van der Waals surface area (Å²) in [6.07, 6.45) is 4.04. The first kappa shape index (κ1) is 11.7.